The van der Waals surface area contributed by atoms with Crippen LogP contribution in [0.1, 0.15) is 29.8 Å². The molecule has 3 aromatic rings. The Morgan fingerprint density at radius 2 is 1.85 bits per heavy atom. The first-order valence-electron chi connectivity index (χ1n) is 8.88. The summed E-state index contributed by atoms with van der Waals surface area (Å²) in [4.78, 5) is 20.6. The molecule has 0 saturated carbocycles. The maximum atomic E-state index is 13.2. The van der Waals surface area contributed by atoms with Crippen molar-refractivity contribution in [3.8, 4) is 0 Å². The fourth-order valence-corrected chi connectivity index (χ4v) is 4.77. The number of carbonyl (C=O) groups is 1. The lowest BCUT2D eigenvalue weighted by molar-refractivity contribution is -0.120. The van der Waals surface area contributed by atoms with Crippen LogP contribution in [0.5, 0.6) is 0 Å². The van der Waals surface area contributed by atoms with E-state index in [1.807, 2.05) is 43.3 Å². The minimum atomic E-state index is -0.231. The average Bonchev–Trinajstić information content (AvgIpc) is 3.13. The summed E-state index contributed by atoms with van der Waals surface area (Å²) in [6, 6.07) is 16.1. The Hall–Kier alpha value is -2.66. The molecule has 26 heavy (non-hydrogen) atoms. The molecular weight excluding hydrogens is 342 g/mol. The van der Waals surface area contributed by atoms with Crippen LogP contribution < -0.4 is 4.90 Å². The van der Waals surface area contributed by atoms with Crippen LogP contribution >= 0.6 is 12.2 Å². The minimum Gasteiger partial charge on any atom is -0.356 e. The van der Waals surface area contributed by atoms with E-state index in [-0.39, 0.29) is 18.0 Å². The highest BCUT2D eigenvalue weighted by molar-refractivity contribution is 7.80. The summed E-state index contributed by atoms with van der Waals surface area (Å²) in [5, 5.41) is 1.81. The lowest BCUT2D eigenvalue weighted by Crippen LogP contribution is -2.42. The van der Waals surface area contributed by atoms with Gasteiger partial charge in [-0.1, -0.05) is 35.9 Å². The van der Waals surface area contributed by atoms with Crippen molar-refractivity contribution in [2.24, 2.45) is 0 Å². The molecule has 0 radical (unpaired) electrons. The fourth-order valence-electron chi connectivity index (χ4n) is 4.29. The standard InChI is InChI=1S/C21H19N3OS/c1-12-7-9-14(10-8-12)24-20(25)18-11-16-15-5-3-4-6-17(15)22-19(16)13(2)23(18)21(24)26/h3-10,13,18,22H,11H2,1-2H3/t13-,18+/m0/s1. The molecule has 5 heteroatoms. The zero-order valence-electron chi connectivity index (χ0n) is 14.7. The molecule has 0 spiro atoms. The van der Waals surface area contributed by atoms with Crippen LogP contribution in [0.25, 0.3) is 10.9 Å². The van der Waals surface area contributed by atoms with Gasteiger partial charge < -0.3 is 9.88 Å². The van der Waals surface area contributed by atoms with Crippen molar-refractivity contribution in [1.29, 1.82) is 0 Å². The third kappa shape index (κ3) is 2.01. The second kappa shape index (κ2) is 5.42. The smallest absolute Gasteiger partial charge is 0.256 e. The molecule has 5 rings (SSSR count). The van der Waals surface area contributed by atoms with Gasteiger partial charge in [0.1, 0.15) is 6.04 Å². The molecule has 130 valence electrons. The number of hydrogen-bond acceptors (Lipinski definition) is 2. The first-order valence-corrected chi connectivity index (χ1v) is 9.29. The number of H-pyrrole nitrogens is 1. The highest BCUT2D eigenvalue weighted by atomic mass is 32.1. The topological polar surface area (TPSA) is 39.3 Å². The second-order valence-electron chi connectivity index (χ2n) is 7.16. The number of nitrogens with zero attached hydrogens (tertiary/aromatic N) is 2. The van der Waals surface area contributed by atoms with E-state index in [2.05, 4.69) is 28.9 Å². The normalized spacial score (nSPS) is 22.1. The van der Waals surface area contributed by atoms with Gasteiger partial charge in [0.15, 0.2) is 5.11 Å². The van der Waals surface area contributed by atoms with Crippen molar-refractivity contribution in [3.63, 3.8) is 0 Å². The maximum Gasteiger partial charge on any atom is 0.256 e. The van der Waals surface area contributed by atoms with Crippen molar-refractivity contribution in [1.82, 2.24) is 9.88 Å². The Kier molecular flexibility index (Phi) is 3.25. The van der Waals surface area contributed by atoms with Crippen molar-refractivity contribution in [3.05, 3.63) is 65.4 Å². The summed E-state index contributed by atoms with van der Waals surface area (Å²) in [7, 11) is 0. The SMILES string of the molecule is Cc1ccc(N2C(=O)[C@H]3Cc4c([nH]c5ccccc45)[C@H](C)N3C2=S)cc1. The van der Waals surface area contributed by atoms with Crippen molar-refractivity contribution >= 4 is 39.8 Å². The van der Waals surface area contributed by atoms with E-state index in [4.69, 9.17) is 12.2 Å². The molecule has 4 nitrogen and oxygen atoms in total. The monoisotopic (exact) mass is 361 g/mol. The average molecular weight is 361 g/mol. The Morgan fingerprint density at radius 1 is 1.12 bits per heavy atom. The van der Waals surface area contributed by atoms with E-state index >= 15 is 0 Å². The number of para-hydroxylation sites is 1. The number of anilines is 1. The molecule has 1 saturated heterocycles. The van der Waals surface area contributed by atoms with E-state index in [9.17, 15) is 4.79 Å². The predicted molar refractivity (Wildman–Crippen MR) is 107 cm³/mol. The summed E-state index contributed by atoms with van der Waals surface area (Å²) >= 11 is 5.73. The third-order valence-corrected chi connectivity index (χ3v) is 6.02. The Balaban J connectivity index is 1.60. The predicted octanol–water partition coefficient (Wildman–Crippen LogP) is 4.10. The molecule has 2 aliphatic rings. The van der Waals surface area contributed by atoms with Crippen molar-refractivity contribution in [2.45, 2.75) is 32.4 Å². The van der Waals surface area contributed by atoms with Crippen LogP contribution in [0.3, 0.4) is 0 Å². The molecule has 3 heterocycles. The van der Waals surface area contributed by atoms with Gasteiger partial charge in [-0.3, -0.25) is 9.69 Å². The third-order valence-electron chi connectivity index (χ3n) is 5.62. The number of rotatable bonds is 1. The quantitative estimate of drug-likeness (QED) is 0.664. The summed E-state index contributed by atoms with van der Waals surface area (Å²) in [6.45, 7) is 4.16. The number of aromatic nitrogens is 1. The molecule has 1 N–H and O–H groups in total. The summed E-state index contributed by atoms with van der Waals surface area (Å²) in [6.07, 6.45) is 0.686. The molecule has 0 aliphatic carbocycles. The number of aryl methyl sites for hydroxylation is 1. The molecule has 1 aromatic heterocycles. The molecule has 0 unspecified atom stereocenters. The van der Waals surface area contributed by atoms with E-state index in [0.717, 1.165) is 11.2 Å². The Labute approximate surface area is 157 Å². The van der Waals surface area contributed by atoms with Gasteiger partial charge >= 0.3 is 0 Å². The van der Waals surface area contributed by atoms with Gasteiger partial charge in [-0.2, -0.15) is 0 Å². The van der Waals surface area contributed by atoms with Gasteiger partial charge in [-0.25, -0.2) is 0 Å². The molecule has 0 bridgehead atoms. The number of hydrogen-bond donors (Lipinski definition) is 1. The Morgan fingerprint density at radius 3 is 2.62 bits per heavy atom. The summed E-state index contributed by atoms with van der Waals surface area (Å²) < 4.78 is 0. The van der Waals surface area contributed by atoms with Gasteiger partial charge in [-0.05, 0) is 49.8 Å². The van der Waals surface area contributed by atoms with Gasteiger partial charge in [-0.15, -0.1) is 0 Å². The van der Waals surface area contributed by atoms with Crippen LogP contribution in [-0.2, 0) is 11.2 Å². The van der Waals surface area contributed by atoms with Crippen LogP contribution in [0.2, 0.25) is 0 Å². The maximum absolute atomic E-state index is 13.2. The summed E-state index contributed by atoms with van der Waals surface area (Å²) in [5.41, 5.74) is 5.55. The van der Waals surface area contributed by atoms with Crippen LogP contribution in [0.15, 0.2) is 48.5 Å². The van der Waals surface area contributed by atoms with E-state index in [0.29, 0.717) is 11.5 Å². The zero-order chi connectivity index (χ0) is 18.0. The summed E-state index contributed by atoms with van der Waals surface area (Å²) in [5.74, 6) is 0.0710. The largest absolute Gasteiger partial charge is 0.356 e. The molecule has 1 fully saturated rings. The molecule has 2 aliphatic heterocycles. The fraction of sp³-hybridized carbons (Fsp3) is 0.238. The van der Waals surface area contributed by atoms with E-state index < -0.39 is 0 Å². The van der Waals surface area contributed by atoms with Gasteiger partial charge in [0.25, 0.3) is 5.91 Å². The molecular formula is C21H19N3OS. The first kappa shape index (κ1) is 15.6. The highest BCUT2D eigenvalue weighted by Crippen LogP contribution is 2.41. The highest BCUT2D eigenvalue weighted by Gasteiger charge is 2.49. The number of nitrogens with one attached hydrogen (secondary N) is 1. The van der Waals surface area contributed by atoms with Gasteiger partial charge in [0, 0.05) is 23.0 Å². The number of benzene rings is 2. The van der Waals surface area contributed by atoms with Crippen molar-refractivity contribution < 1.29 is 4.79 Å². The van der Waals surface area contributed by atoms with Gasteiger partial charge in [0.05, 0.1) is 11.7 Å². The number of amides is 1. The number of fused-ring (bicyclic) bond motifs is 4. The van der Waals surface area contributed by atoms with E-state index in [1.54, 1.807) is 4.90 Å². The molecule has 1 amide bonds. The zero-order valence-corrected chi connectivity index (χ0v) is 15.5. The lowest BCUT2D eigenvalue weighted by Gasteiger charge is -2.34. The number of carbonyl (C=O) groups excluding carboxylic acids is 1. The molecule has 2 atom stereocenters. The molecule has 2 aromatic carbocycles. The van der Waals surface area contributed by atoms with Crippen LogP contribution in [0.4, 0.5) is 5.69 Å². The number of aromatic amines is 1. The minimum absolute atomic E-state index is 0.0445. The van der Waals surface area contributed by atoms with Crippen molar-refractivity contribution in [2.75, 3.05) is 4.90 Å². The van der Waals surface area contributed by atoms with E-state index in [1.165, 1.54) is 22.2 Å². The second-order valence-corrected chi connectivity index (χ2v) is 7.52. The number of thiocarbonyl (C=S) groups is 1. The Bertz CT molecular complexity index is 1050. The lowest BCUT2D eigenvalue weighted by atomic mass is 9.93. The van der Waals surface area contributed by atoms with Crippen LogP contribution in [-0.4, -0.2) is 26.9 Å². The van der Waals surface area contributed by atoms with Crippen LogP contribution in [0, 0.1) is 6.92 Å². The van der Waals surface area contributed by atoms with Gasteiger partial charge in [0.2, 0.25) is 0 Å². The first-order chi connectivity index (χ1) is 12.6.